The second kappa shape index (κ2) is 9.47. The quantitative estimate of drug-likeness (QED) is 0.626. The largest absolute Gasteiger partial charge is 0.417 e. The van der Waals surface area contributed by atoms with Gasteiger partial charge in [-0.25, -0.2) is 8.42 Å². The Balaban J connectivity index is 2.49. The van der Waals surface area contributed by atoms with E-state index >= 15 is 0 Å². The maximum Gasteiger partial charge on any atom is 0.417 e. The van der Waals surface area contributed by atoms with Crippen molar-refractivity contribution in [3.63, 3.8) is 0 Å². The molecule has 0 radical (unpaired) electrons. The molecule has 0 aromatic heterocycles. The van der Waals surface area contributed by atoms with E-state index in [2.05, 4.69) is 5.32 Å². The van der Waals surface area contributed by atoms with E-state index in [1.54, 1.807) is 6.07 Å². The van der Waals surface area contributed by atoms with Gasteiger partial charge in [-0.2, -0.15) is 13.2 Å². The van der Waals surface area contributed by atoms with E-state index in [0.717, 1.165) is 12.1 Å². The van der Waals surface area contributed by atoms with Gasteiger partial charge in [-0.05, 0) is 30.3 Å². The summed E-state index contributed by atoms with van der Waals surface area (Å²) in [5.74, 6) is -0.704. The maximum absolute atomic E-state index is 13.2. The number of sulfonamides is 1. The number of halogens is 4. The topological polar surface area (TPSA) is 75.7 Å². The second-order valence-corrected chi connectivity index (χ2v) is 8.10. The first-order chi connectivity index (χ1) is 13.6. The fourth-order valence-electron chi connectivity index (χ4n) is 2.40. The molecule has 0 unspecified atom stereocenters. The molecule has 0 saturated heterocycles. The Bertz CT molecular complexity index is 953. The average molecular weight is 451 g/mol. The summed E-state index contributed by atoms with van der Waals surface area (Å²) in [5.41, 5.74) is -1.54. The van der Waals surface area contributed by atoms with Gasteiger partial charge in [0.15, 0.2) is 0 Å². The van der Waals surface area contributed by atoms with Crippen LogP contribution in [0.2, 0.25) is 5.02 Å². The van der Waals surface area contributed by atoms with Gasteiger partial charge in [0.2, 0.25) is 5.91 Å². The molecule has 0 aliphatic rings. The van der Waals surface area contributed by atoms with Crippen molar-refractivity contribution in [2.45, 2.75) is 11.1 Å². The molecule has 0 aliphatic heterocycles. The Morgan fingerprint density at radius 3 is 2.41 bits per heavy atom. The van der Waals surface area contributed by atoms with Crippen LogP contribution >= 0.6 is 11.6 Å². The molecular formula is C18H18ClF3N2O4S. The Morgan fingerprint density at radius 1 is 1.17 bits per heavy atom. The first kappa shape index (κ1) is 23.0. The number of methoxy groups -OCH3 is 1. The number of anilines is 1. The fraction of sp³-hybridized carbons (Fsp3) is 0.278. The van der Waals surface area contributed by atoms with Crippen molar-refractivity contribution in [1.29, 1.82) is 0 Å². The first-order valence-corrected chi connectivity index (χ1v) is 10.1. The van der Waals surface area contributed by atoms with Gasteiger partial charge in [-0.1, -0.05) is 29.8 Å². The Kier molecular flexibility index (Phi) is 7.50. The van der Waals surface area contributed by atoms with Crippen LogP contribution in [-0.4, -0.2) is 41.1 Å². The molecule has 0 aliphatic carbocycles. The van der Waals surface area contributed by atoms with Gasteiger partial charge in [0.05, 0.1) is 27.8 Å². The van der Waals surface area contributed by atoms with Crippen molar-refractivity contribution in [2.24, 2.45) is 0 Å². The highest BCUT2D eigenvalue weighted by Gasteiger charge is 2.35. The molecule has 0 heterocycles. The van der Waals surface area contributed by atoms with Gasteiger partial charge in [0, 0.05) is 13.7 Å². The molecule has 0 bridgehead atoms. The van der Waals surface area contributed by atoms with Crippen LogP contribution in [0.5, 0.6) is 0 Å². The Hall–Kier alpha value is -2.30. The average Bonchev–Trinajstić information content (AvgIpc) is 2.66. The van der Waals surface area contributed by atoms with Gasteiger partial charge in [-0.15, -0.1) is 0 Å². The summed E-state index contributed by atoms with van der Waals surface area (Å²) < 4.78 is 71.2. The second-order valence-electron chi connectivity index (χ2n) is 5.83. The van der Waals surface area contributed by atoms with Gasteiger partial charge in [-0.3, -0.25) is 9.10 Å². The van der Waals surface area contributed by atoms with Gasteiger partial charge in [0.1, 0.15) is 6.54 Å². The molecule has 1 amide bonds. The Labute approximate surface area is 171 Å². The molecule has 2 aromatic rings. The molecule has 1 N–H and O–H groups in total. The molecule has 11 heteroatoms. The summed E-state index contributed by atoms with van der Waals surface area (Å²) >= 11 is 5.63. The van der Waals surface area contributed by atoms with E-state index in [-0.39, 0.29) is 23.7 Å². The molecule has 0 atom stereocenters. The number of hydrogen-bond acceptors (Lipinski definition) is 4. The lowest BCUT2D eigenvalue weighted by molar-refractivity contribution is -0.137. The minimum absolute atomic E-state index is 0.114. The molecule has 29 heavy (non-hydrogen) atoms. The SMILES string of the molecule is COCCNC(=O)CN(c1ccc(Cl)c(C(F)(F)F)c1)S(=O)(=O)c1ccccc1. The summed E-state index contributed by atoms with van der Waals surface area (Å²) in [4.78, 5) is 12.0. The summed E-state index contributed by atoms with van der Waals surface area (Å²) in [6.45, 7) is -0.417. The van der Waals surface area contributed by atoms with Crippen LogP contribution in [0.15, 0.2) is 53.4 Å². The smallest absolute Gasteiger partial charge is 0.383 e. The molecule has 0 spiro atoms. The minimum atomic E-state index is -4.80. The van der Waals surface area contributed by atoms with E-state index in [4.69, 9.17) is 16.3 Å². The number of carbonyl (C=O) groups is 1. The van der Waals surface area contributed by atoms with E-state index in [9.17, 15) is 26.4 Å². The van der Waals surface area contributed by atoms with Crippen LogP contribution in [0.1, 0.15) is 5.56 Å². The third kappa shape index (κ3) is 5.84. The number of hydrogen-bond donors (Lipinski definition) is 1. The molecule has 0 fully saturated rings. The fourth-order valence-corrected chi connectivity index (χ4v) is 4.06. The maximum atomic E-state index is 13.2. The zero-order chi connectivity index (χ0) is 21.7. The normalized spacial score (nSPS) is 11.9. The highest BCUT2D eigenvalue weighted by atomic mass is 35.5. The number of nitrogens with zero attached hydrogens (tertiary/aromatic N) is 1. The molecule has 0 saturated carbocycles. The number of carbonyl (C=O) groups excluding carboxylic acids is 1. The summed E-state index contributed by atoms with van der Waals surface area (Å²) in [6.07, 6.45) is -4.80. The zero-order valence-electron chi connectivity index (χ0n) is 15.2. The van der Waals surface area contributed by atoms with E-state index in [0.29, 0.717) is 10.4 Å². The molecule has 158 valence electrons. The van der Waals surface area contributed by atoms with E-state index in [1.165, 1.54) is 31.4 Å². The monoisotopic (exact) mass is 450 g/mol. The number of ether oxygens (including phenoxy) is 1. The molecular weight excluding hydrogens is 433 g/mol. The van der Waals surface area contributed by atoms with Crippen LogP contribution in [0.4, 0.5) is 18.9 Å². The Morgan fingerprint density at radius 2 is 1.83 bits per heavy atom. The lowest BCUT2D eigenvalue weighted by Gasteiger charge is -2.25. The van der Waals surface area contributed by atoms with Crippen LogP contribution in [-0.2, 0) is 25.7 Å². The number of benzene rings is 2. The van der Waals surface area contributed by atoms with Crippen LogP contribution in [0.3, 0.4) is 0 Å². The summed E-state index contributed by atoms with van der Waals surface area (Å²) in [5, 5.41) is 1.86. The number of alkyl halides is 3. The summed E-state index contributed by atoms with van der Waals surface area (Å²) in [6, 6.07) is 9.74. The molecule has 2 aromatic carbocycles. The van der Waals surface area contributed by atoms with Crippen LogP contribution in [0, 0.1) is 0 Å². The third-order valence-corrected chi connectivity index (χ3v) is 5.91. The lowest BCUT2D eigenvalue weighted by atomic mass is 10.2. The number of amides is 1. The van der Waals surface area contributed by atoms with Crippen molar-refractivity contribution in [1.82, 2.24) is 5.32 Å². The number of rotatable bonds is 8. The summed E-state index contributed by atoms with van der Waals surface area (Å²) in [7, 11) is -2.90. The predicted molar refractivity (Wildman–Crippen MR) is 102 cm³/mol. The van der Waals surface area contributed by atoms with Gasteiger partial charge >= 0.3 is 6.18 Å². The highest BCUT2D eigenvalue weighted by molar-refractivity contribution is 7.92. The minimum Gasteiger partial charge on any atom is -0.383 e. The highest BCUT2D eigenvalue weighted by Crippen LogP contribution is 2.37. The van der Waals surface area contributed by atoms with Crippen LogP contribution < -0.4 is 9.62 Å². The van der Waals surface area contributed by atoms with E-state index < -0.39 is 39.2 Å². The van der Waals surface area contributed by atoms with Gasteiger partial charge < -0.3 is 10.1 Å². The van der Waals surface area contributed by atoms with Crippen molar-refractivity contribution in [3.05, 3.63) is 59.1 Å². The zero-order valence-corrected chi connectivity index (χ0v) is 16.8. The van der Waals surface area contributed by atoms with Crippen molar-refractivity contribution in [2.75, 3.05) is 31.1 Å². The predicted octanol–water partition coefficient (Wildman–Crippen LogP) is 3.32. The van der Waals surface area contributed by atoms with Gasteiger partial charge in [0.25, 0.3) is 10.0 Å². The van der Waals surface area contributed by atoms with E-state index in [1.807, 2.05) is 0 Å². The molecule has 2 rings (SSSR count). The van der Waals surface area contributed by atoms with Crippen molar-refractivity contribution in [3.8, 4) is 0 Å². The first-order valence-electron chi connectivity index (χ1n) is 8.27. The number of nitrogens with one attached hydrogen (secondary N) is 1. The third-order valence-electron chi connectivity index (χ3n) is 3.79. The standard InChI is InChI=1S/C18H18ClF3N2O4S/c1-28-10-9-23-17(25)12-24(29(26,27)14-5-3-2-4-6-14)13-7-8-16(19)15(11-13)18(20,21)22/h2-8,11H,9-10,12H2,1H3,(H,23,25). The van der Waals surface area contributed by atoms with Crippen molar-refractivity contribution < 1.29 is 31.1 Å². The molecule has 6 nitrogen and oxygen atoms in total. The van der Waals surface area contributed by atoms with Crippen LogP contribution in [0.25, 0.3) is 0 Å². The lowest BCUT2D eigenvalue weighted by Crippen LogP contribution is -2.41. The van der Waals surface area contributed by atoms with Crippen molar-refractivity contribution >= 4 is 33.2 Å².